The third-order valence-electron chi connectivity index (χ3n) is 1.11. The van der Waals surface area contributed by atoms with Crippen molar-refractivity contribution in [1.82, 2.24) is 0 Å². The van der Waals surface area contributed by atoms with Gasteiger partial charge in [-0.2, -0.15) is 0 Å². The van der Waals surface area contributed by atoms with Gasteiger partial charge in [0.1, 0.15) is 11.6 Å². The normalized spacial score (nSPS) is 8.62. The van der Waals surface area contributed by atoms with E-state index in [1.54, 1.807) is 12.1 Å². The van der Waals surface area contributed by atoms with Crippen molar-refractivity contribution in [3.8, 4) is 5.75 Å². The van der Waals surface area contributed by atoms with Crippen LogP contribution in [0.1, 0.15) is 27.2 Å². The summed E-state index contributed by atoms with van der Waals surface area (Å²) >= 11 is 0. The molecule has 0 saturated heterocycles. The Morgan fingerprint density at radius 3 is 2.31 bits per heavy atom. The molecule has 0 unspecified atom stereocenters. The fraction of sp³-hybridized carbons (Fsp3) is 0.455. The Kier molecular flexibility index (Phi) is 6.98. The van der Waals surface area contributed by atoms with Gasteiger partial charge < -0.3 is 4.74 Å². The highest BCUT2D eigenvalue weighted by atomic mass is 19.1. The third kappa shape index (κ3) is 6.14. The quantitative estimate of drug-likeness (QED) is 0.681. The first-order chi connectivity index (χ1) is 6.24. The average molecular weight is 184 g/mol. The van der Waals surface area contributed by atoms with Gasteiger partial charge in [0.25, 0.3) is 0 Å². The molecule has 2 heteroatoms. The maximum Gasteiger partial charge on any atom is 0.126 e. The molecule has 0 aliphatic carbocycles. The Morgan fingerprint density at radius 2 is 1.85 bits per heavy atom. The summed E-state index contributed by atoms with van der Waals surface area (Å²) < 4.78 is 17.5. The van der Waals surface area contributed by atoms with Crippen LogP contribution in [0.5, 0.6) is 5.75 Å². The van der Waals surface area contributed by atoms with Crippen LogP contribution in [-0.4, -0.2) is 6.61 Å². The minimum atomic E-state index is -0.258. The van der Waals surface area contributed by atoms with Crippen LogP contribution in [0.25, 0.3) is 0 Å². The molecule has 74 valence electrons. The molecule has 0 aromatic heterocycles. The smallest absolute Gasteiger partial charge is 0.126 e. The highest BCUT2D eigenvalue weighted by Gasteiger charge is 1.91. The van der Waals surface area contributed by atoms with Crippen molar-refractivity contribution in [3.63, 3.8) is 0 Å². The zero-order valence-electron chi connectivity index (χ0n) is 8.51. The largest absolute Gasteiger partial charge is 0.494 e. The van der Waals surface area contributed by atoms with Crippen LogP contribution in [-0.2, 0) is 0 Å². The Balaban J connectivity index is 0.000000424. The van der Waals surface area contributed by atoms with Gasteiger partial charge in [-0.05, 0) is 19.1 Å². The molecular formula is C11H17FO. The molecule has 1 rings (SSSR count). The predicted octanol–water partition coefficient (Wildman–Crippen LogP) is 3.64. The molecule has 0 aliphatic heterocycles. The molecule has 0 amide bonds. The van der Waals surface area contributed by atoms with Gasteiger partial charge >= 0.3 is 0 Å². The van der Waals surface area contributed by atoms with Crippen molar-refractivity contribution in [1.29, 1.82) is 0 Å². The summed E-state index contributed by atoms with van der Waals surface area (Å²) in [5.74, 6) is 0.327. The molecule has 0 spiro atoms. The van der Waals surface area contributed by atoms with E-state index >= 15 is 0 Å². The lowest BCUT2D eigenvalue weighted by atomic mass is 10.3. The molecule has 1 nitrogen and oxygen atoms in total. The zero-order valence-corrected chi connectivity index (χ0v) is 8.51. The Hall–Kier alpha value is -1.05. The van der Waals surface area contributed by atoms with Crippen LogP contribution < -0.4 is 4.74 Å². The molecular weight excluding hydrogens is 167 g/mol. The fourth-order valence-electron chi connectivity index (χ4n) is 0.723. The second-order valence-corrected chi connectivity index (χ2v) is 2.60. The van der Waals surface area contributed by atoms with Gasteiger partial charge in [-0.25, -0.2) is 4.39 Å². The Bertz CT molecular complexity index is 223. The van der Waals surface area contributed by atoms with Crippen molar-refractivity contribution in [2.45, 2.75) is 27.2 Å². The highest BCUT2D eigenvalue weighted by molar-refractivity contribution is 5.22. The summed E-state index contributed by atoms with van der Waals surface area (Å²) in [6, 6.07) is 6.11. The van der Waals surface area contributed by atoms with Gasteiger partial charge in [0.05, 0.1) is 6.61 Å². The highest BCUT2D eigenvalue weighted by Crippen LogP contribution is 2.10. The molecule has 0 radical (unpaired) electrons. The van der Waals surface area contributed by atoms with Crippen LogP contribution in [0.4, 0.5) is 4.39 Å². The van der Waals surface area contributed by atoms with E-state index in [1.807, 2.05) is 6.92 Å². The lowest BCUT2D eigenvalue weighted by Gasteiger charge is -2.00. The zero-order chi connectivity index (χ0) is 10.1. The lowest BCUT2D eigenvalue weighted by Crippen LogP contribution is -1.90. The van der Waals surface area contributed by atoms with Gasteiger partial charge in [-0.3, -0.25) is 0 Å². The van der Waals surface area contributed by atoms with E-state index < -0.39 is 0 Å². The van der Waals surface area contributed by atoms with Gasteiger partial charge in [0.2, 0.25) is 0 Å². The number of rotatable bonds is 2. The fourth-order valence-corrected chi connectivity index (χ4v) is 0.723. The first kappa shape index (κ1) is 11.9. The number of hydrogen-bond donors (Lipinski definition) is 0. The summed E-state index contributed by atoms with van der Waals surface area (Å²) in [7, 11) is 0. The van der Waals surface area contributed by atoms with Gasteiger partial charge in [-0.1, -0.05) is 26.3 Å². The molecule has 0 saturated carbocycles. The van der Waals surface area contributed by atoms with Crippen molar-refractivity contribution in [2.75, 3.05) is 6.61 Å². The molecule has 0 aliphatic rings. The predicted molar refractivity (Wildman–Crippen MR) is 53.5 cm³/mol. The number of benzene rings is 1. The molecule has 13 heavy (non-hydrogen) atoms. The molecule has 0 atom stereocenters. The monoisotopic (exact) mass is 184 g/mol. The van der Waals surface area contributed by atoms with E-state index in [2.05, 4.69) is 13.8 Å². The van der Waals surface area contributed by atoms with Crippen molar-refractivity contribution in [3.05, 3.63) is 30.1 Å². The minimum absolute atomic E-state index is 0.258. The van der Waals surface area contributed by atoms with Gasteiger partial charge in [-0.15, -0.1) is 0 Å². The number of halogens is 1. The molecule has 0 heterocycles. The standard InChI is InChI=1S/C8H9FO.C3H8/c1-2-10-8-5-3-4-7(9)6-8;1-3-2/h3-6H,2H2,1H3;3H2,1-2H3. The average Bonchev–Trinajstić information content (AvgIpc) is 2.06. The molecule has 1 aromatic carbocycles. The van der Waals surface area contributed by atoms with E-state index in [9.17, 15) is 4.39 Å². The summed E-state index contributed by atoms with van der Waals surface area (Å²) in [4.78, 5) is 0. The summed E-state index contributed by atoms with van der Waals surface area (Å²) in [5, 5.41) is 0. The van der Waals surface area contributed by atoms with Crippen LogP contribution in [0.15, 0.2) is 24.3 Å². The SMILES string of the molecule is CCC.CCOc1cccc(F)c1. The van der Waals surface area contributed by atoms with Crippen molar-refractivity contribution >= 4 is 0 Å². The minimum Gasteiger partial charge on any atom is -0.494 e. The number of ether oxygens (including phenoxy) is 1. The van der Waals surface area contributed by atoms with Gasteiger partial charge in [0.15, 0.2) is 0 Å². The molecule has 0 N–H and O–H groups in total. The van der Waals surface area contributed by atoms with Crippen molar-refractivity contribution in [2.24, 2.45) is 0 Å². The van der Waals surface area contributed by atoms with Crippen molar-refractivity contribution < 1.29 is 9.13 Å². The maximum absolute atomic E-state index is 12.4. The van der Waals surface area contributed by atoms with E-state index in [1.165, 1.54) is 18.6 Å². The van der Waals surface area contributed by atoms with Crippen LogP contribution >= 0.6 is 0 Å². The van der Waals surface area contributed by atoms with E-state index in [0.29, 0.717) is 12.4 Å². The van der Waals surface area contributed by atoms with E-state index in [0.717, 1.165) is 0 Å². The van der Waals surface area contributed by atoms with Crippen LogP contribution in [0.2, 0.25) is 0 Å². The van der Waals surface area contributed by atoms with E-state index in [4.69, 9.17) is 4.74 Å². The second kappa shape index (κ2) is 7.59. The Morgan fingerprint density at radius 1 is 1.23 bits per heavy atom. The summed E-state index contributed by atoms with van der Waals surface area (Å²) in [5.41, 5.74) is 0. The first-order valence-electron chi connectivity index (χ1n) is 4.62. The maximum atomic E-state index is 12.4. The topological polar surface area (TPSA) is 9.23 Å². The number of hydrogen-bond acceptors (Lipinski definition) is 1. The lowest BCUT2D eigenvalue weighted by molar-refractivity contribution is 0.338. The molecule has 0 bridgehead atoms. The van der Waals surface area contributed by atoms with Gasteiger partial charge in [0, 0.05) is 6.07 Å². The van der Waals surface area contributed by atoms with E-state index in [-0.39, 0.29) is 5.82 Å². The summed E-state index contributed by atoms with van der Waals surface area (Å²) in [6.07, 6.45) is 1.25. The summed E-state index contributed by atoms with van der Waals surface area (Å²) in [6.45, 7) is 6.69. The molecule has 0 fully saturated rings. The van der Waals surface area contributed by atoms with Crippen LogP contribution in [0.3, 0.4) is 0 Å². The first-order valence-corrected chi connectivity index (χ1v) is 4.62. The second-order valence-electron chi connectivity index (χ2n) is 2.60. The Labute approximate surface area is 79.5 Å². The third-order valence-corrected chi connectivity index (χ3v) is 1.11. The van der Waals surface area contributed by atoms with Crippen LogP contribution in [0, 0.1) is 5.82 Å². The molecule has 1 aromatic rings.